The van der Waals surface area contributed by atoms with Crippen molar-refractivity contribution in [2.45, 2.75) is 32.2 Å². The van der Waals surface area contributed by atoms with Crippen molar-refractivity contribution in [1.82, 2.24) is 19.5 Å². The van der Waals surface area contributed by atoms with Crippen LogP contribution in [0.4, 0.5) is 5.82 Å². The third-order valence-electron chi connectivity index (χ3n) is 4.55. The van der Waals surface area contributed by atoms with E-state index in [0.29, 0.717) is 36.8 Å². The number of nitrogens with zero attached hydrogens (tertiary/aromatic N) is 3. The Hall–Kier alpha value is -2.09. The third kappa shape index (κ3) is 3.03. The van der Waals surface area contributed by atoms with Gasteiger partial charge in [0.1, 0.15) is 5.52 Å². The van der Waals surface area contributed by atoms with Gasteiger partial charge in [-0.1, -0.05) is 12.8 Å². The van der Waals surface area contributed by atoms with E-state index in [1.807, 2.05) is 0 Å². The highest BCUT2D eigenvalue weighted by Gasteiger charge is 2.22. The van der Waals surface area contributed by atoms with Crippen LogP contribution >= 0.6 is 0 Å². The molecule has 0 aromatic carbocycles. The van der Waals surface area contributed by atoms with Crippen molar-refractivity contribution in [2.75, 3.05) is 25.6 Å². The summed E-state index contributed by atoms with van der Waals surface area (Å²) < 4.78 is 12.6. The maximum atomic E-state index is 12.2. The second-order valence-electron chi connectivity index (χ2n) is 6.44. The van der Waals surface area contributed by atoms with Crippen LogP contribution in [0.5, 0.6) is 6.01 Å². The molecule has 1 saturated carbocycles. The van der Waals surface area contributed by atoms with Crippen LogP contribution in [-0.4, -0.2) is 39.3 Å². The highest BCUT2D eigenvalue weighted by atomic mass is 16.5. The minimum absolute atomic E-state index is 0.219. The molecule has 0 amide bonds. The summed E-state index contributed by atoms with van der Waals surface area (Å²) in [5.74, 6) is 1.35. The fourth-order valence-electron chi connectivity index (χ4n) is 2.97. The first-order valence-electron chi connectivity index (χ1n) is 8.17. The minimum atomic E-state index is -0.219. The molecule has 1 saturated heterocycles. The summed E-state index contributed by atoms with van der Waals surface area (Å²) in [5.41, 5.74) is 6.72. The Bertz CT molecular complexity index is 758. The van der Waals surface area contributed by atoms with E-state index in [-0.39, 0.29) is 17.5 Å². The number of H-pyrrole nitrogens is 1. The van der Waals surface area contributed by atoms with Crippen LogP contribution < -0.4 is 16.2 Å². The van der Waals surface area contributed by atoms with E-state index in [1.54, 1.807) is 4.57 Å². The predicted octanol–water partition coefficient (Wildman–Crippen LogP) is 0.917. The molecule has 8 heteroatoms. The number of hydrogen-bond donors (Lipinski definition) is 2. The van der Waals surface area contributed by atoms with E-state index in [2.05, 4.69) is 15.0 Å². The number of aromatic amines is 1. The molecule has 0 radical (unpaired) electrons. The van der Waals surface area contributed by atoms with Crippen LogP contribution in [-0.2, 0) is 11.3 Å². The lowest BCUT2D eigenvalue weighted by molar-refractivity contribution is 0.182. The Morgan fingerprint density at radius 1 is 1.30 bits per heavy atom. The van der Waals surface area contributed by atoms with Gasteiger partial charge in [-0.15, -0.1) is 0 Å². The zero-order valence-electron chi connectivity index (χ0n) is 13.0. The van der Waals surface area contributed by atoms with Crippen molar-refractivity contribution >= 4 is 17.0 Å². The van der Waals surface area contributed by atoms with E-state index in [4.69, 9.17) is 15.2 Å². The SMILES string of the molecule is Nc1nc(OCCC2CC2)nc2c1[nH]c(=O)n2C[C@H]1CCOC1. The van der Waals surface area contributed by atoms with Crippen molar-refractivity contribution in [3.63, 3.8) is 0 Å². The monoisotopic (exact) mass is 319 g/mol. The fourth-order valence-corrected chi connectivity index (χ4v) is 2.97. The Morgan fingerprint density at radius 3 is 2.91 bits per heavy atom. The van der Waals surface area contributed by atoms with Crippen LogP contribution in [0.15, 0.2) is 4.79 Å². The van der Waals surface area contributed by atoms with Crippen LogP contribution in [0.3, 0.4) is 0 Å². The number of nitrogens with one attached hydrogen (secondary N) is 1. The molecule has 0 bridgehead atoms. The lowest BCUT2D eigenvalue weighted by atomic mass is 10.1. The molecule has 1 atom stereocenters. The zero-order valence-corrected chi connectivity index (χ0v) is 13.0. The molecule has 0 unspecified atom stereocenters. The summed E-state index contributed by atoms with van der Waals surface area (Å²) in [4.78, 5) is 23.5. The molecule has 8 nitrogen and oxygen atoms in total. The van der Waals surface area contributed by atoms with Crippen molar-refractivity contribution in [2.24, 2.45) is 11.8 Å². The van der Waals surface area contributed by atoms with Crippen LogP contribution in [0, 0.1) is 11.8 Å². The van der Waals surface area contributed by atoms with Gasteiger partial charge in [-0.2, -0.15) is 9.97 Å². The van der Waals surface area contributed by atoms with Crippen LogP contribution in [0.1, 0.15) is 25.7 Å². The number of nitrogens with two attached hydrogens (primary N) is 1. The number of ether oxygens (including phenoxy) is 2. The lowest BCUT2D eigenvalue weighted by Crippen LogP contribution is -2.22. The van der Waals surface area contributed by atoms with E-state index in [9.17, 15) is 4.79 Å². The van der Waals surface area contributed by atoms with Gasteiger partial charge in [0, 0.05) is 19.1 Å². The van der Waals surface area contributed by atoms with Crippen molar-refractivity contribution in [3.8, 4) is 6.01 Å². The van der Waals surface area contributed by atoms with Crippen molar-refractivity contribution < 1.29 is 9.47 Å². The molecule has 4 rings (SSSR count). The molecule has 3 heterocycles. The number of hydrogen-bond acceptors (Lipinski definition) is 6. The van der Waals surface area contributed by atoms with E-state index < -0.39 is 0 Å². The summed E-state index contributed by atoms with van der Waals surface area (Å²) in [7, 11) is 0. The average molecular weight is 319 g/mol. The van der Waals surface area contributed by atoms with Gasteiger partial charge in [-0.05, 0) is 18.8 Å². The smallest absolute Gasteiger partial charge is 0.327 e. The Morgan fingerprint density at radius 2 is 2.17 bits per heavy atom. The quantitative estimate of drug-likeness (QED) is 0.819. The number of anilines is 1. The Kier molecular flexibility index (Phi) is 3.68. The molecule has 124 valence electrons. The molecule has 2 aromatic heterocycles. The van der Waals surface area contributed by atoms with Gasteiger partial charge in [-0.25, -0.2) is 4.79 Å². The Balaban J connectivity index is 1.60. The average Bonchev–Trinajstić information content (AvgIpc) is 3.10. The molecule has 2 aromatic rings. The lowest BCUT2D eigenvalue weighted by Gasteiger charge is -2.09. The summed E-state index contributed by atoms with van der Waals surface area (Å²) in [5, 5.41) is 0. The normalized spacial score (nSPS) is 21.1. The summed E-state index contributed by atoms with van der Waals surface area (Å²) >= 11 is 0. The maximum absolute atomic E-state index is 12.2. The predicted molar refractivity (Wildman–Crippen MR) is 84.3 cm³/mol. The molecule has 2 fully saturated rings. The molecule has 0 spiro atoms. The first kappa shape index (κ1) is 14.5. The second-order valence-corrected chi connectivity index (χ2v) is 6.44. The van der Waals surface area contributed by atoms with E-state index >= 15 is 0 Å². The number of rotatable bonds is 6. The number of aromatic nitrogens is 4. The summed E-state index contributed by atoms with van der Waals surface area (Å²) in [6.45, 7) is 2.57. The van der Waals surface area contributed by atoms with Crippen molar-refractivity contribution in [1.29, 1.82) is 0 Å². The van der Waals surface area contributed by atoms with Gasteiger partial charge >= 0.3 is 11.7 Å². The largest absolute Gasteiger partial charge is 0.463 e. The summed E-state index contributed by atoms with van der Waals surface area (Å²) in [6, 6.07) is 0.242. The molecular formula is C15H21N5O3. The molecule has 1 aliphatic carbocycles. The molecule has 23 heavy (non-hydrogen) atoms. The standard InChI is InChI=1S/C15H21N5O3/c16-12-11-13(19-14(18-12)23-6-4-9-1-2-9)20(15(21)17-11)7-10-3-5-22-8-10/h9-10H,1-8H2,(H,17,21)(H2,16,18,19)/t10-/m1/s1. The summed E-state index contributed by atoms with van der Waals surface area (Å²) in [6.07, 6.45) is 4.53. The third-order valence-corrected chi connectivity index (χ3v) is 4.55. The molecular weight excluding hydrogens is 298 g/mol. The molecule has 1 aliphatic heterocycles. The van der Waals surface area contributed by atoms with Gasteiger partial charge in [0.15, 0.2) is 11.5 Å². The molecule has 3 N–H and O–H groups in total. The number of imidazole rings is 1. The number of nitrogen functional groups attached to an aromatic ring is 1. The zero-order chi connectivity index (χ0) is 15.8. The van der Waals surface area contributed by atoms with Crippen LogP contribution in [0.25, 0.3) is 11.2 Å². The first-order valence-corrected chi connectivity index (χ1v) is 8.17. The van der Waals surface area contributed by atoms with Gasteiger partial charge < -0.3 is 20.2 Å². The Labute approximate surface area is 133 Å². The fraction of sp³-hybridized carbons (Fsp3) is 0.667. The van der Waals surface area contributed by atoms with E-state index in [1.165, 1.54) is 12.8 Å². The topological polar surface area (TPSA) is 108 Å². The second kappa shape index (κ2) is 5.84. The maximum Gasteiger partial charge on any atom is 0.327 e. The molecule has 2 aliphatic rings. The first-order chi connectivity index (χ1) is 11.2. The van der Waals surface area contributed by atoms with Gasteiger partial charge in [0.25, 0.3) is 0 Å². The highest BCUT2D eigenvalue weighted by molar-refractivity contribution is 5.81. The van der Waals surface area contributed by atoms with Gasteiger partial charge in [-0.3, -0.25) is 4.57 Å². The highest BCUT2D eigenvalue weighted by Crippen LogP contribution is 2.32. The van der Waals surface area contributed by atoms with Gasteiger partial charge in [0.05, 0.1) is 13.2 Å². The van der Waals surface area contributed by atoms with Crippen LogP contribution in [0.2, 0.25) is 0 Å². The van der Waals surface area contributed by atoms with Gasteiger partial charge in [0.2, 0.25) is 0 Å². The number of fused-ring (bicyclic) bond motifs is 1. The minimum Gasteiger partial charge on any atom is -0.463 e. The van der Waals surface area contributed by atoms with Crippen molar-refractivity contribution in [3.05, 3.63) is 10.5 Å². The van der Waals surface area contributed by atoms with E-state index in [0.717, 1.165) is 25.4 Å².